The molecule has 0 saturated heterocycles. The van der Waals surface area contributed by atoms with Crippen LogP contribution in [0.4, 0.5) is 0 Å². The molecule has 4 nitrogen and oxygen atoms in total. The lowest BCUT2D eigenvalue weighted by atomic mass is 10.1. The molecule has 0 bridgehead atoms. The lowest BCUT2D eigenvalue weighted by Gasteiger charge is -2.16. The monoisotopic (exact) mass is 235 g/mol. The average molecular weight is 235 g/mol. The quantitative estimate of drug-likeness (QED) is 0.789. The zero-order valence-corrected chi connectivity index (χ0v) is 10.5. The molecular formula is C13H21N3O. The molecule has 3 N–H and O–H groups in total. The van der Waals surface area contributed by atoms with Gasteiger partial charge in [0.2, 0.25) is 5.91 Å². The van der Waals surface area contributed by atoms with Crippen molar-refractivity contribution in [1.82, 2.24) is 10.3 Å². The van der Waals surface area contributed by atoms with Crippen molar-refractivity contribution in [3.63, 3.8) is 0 Å². The lowest BCUT2D eigenvalue weighted by Crippen LogP contribution is -2.41. The Morgan fingerprint density at radius 3 is 2.88 bits per heavy atom. The van der Waals surface area contributed by atoms with Crippen molar-refractivity contribution in [3.05, 3.63) is 30.1 Å². The molecule has 1 unspecified atom stereocenters. The molecule has 1 rings (SSSR count). The van der Waals surface area contributed by atoms with Gasteiger partial charge in [-0.1, -0.05) is 25.8 Å². The molecule has 0 aliphatic carbocycles. The number of aromatic nitrogens is 1. The van der Waals surface area contributed by atoms with Gasteiger partial charge in [-0.05, 0) is 25.5 Å². The van der Waals surface area contributed by atoms with Gasteiger partial charge in [-0.2, -0.15) is 0 Å². The molecule has 0 aliphatic heterocycles. The zero-order chi connectivity index (χ0) is 12.7. The maximum absolute atomic E-state index is 11.8. The Morgan fingerprint density at radius 1 is 1.53 bits per heavy atom. The number of nitrogens with one attached hydrogen (secondary N) is 1. The summed E-state index contributed by atoms with van der Waals surface area (Å²) in [7, 11) is 0. The van der Waals surface area contributed by atoms with E-state index in [-0.39, 0.29) is 11.9 Å². The van der Waals surface area contributed by atoms with Crippen LogP contribution in [0.5, 0.6) is 0 Å². The summed E-state index contributed by atoms with van der Waals surface area (Å²) >= 11 is 0. The van der Waals surface area contributed by atoms with E-state index < -0.39 is 6.04 Å². The van der Waals surface area contributed by atoms with Crippen LogP contribution in [-0.2, 0) is 4.79 Å². The Kier molecular flexibility index (Phi) is 5.63. The predicted molar refractivity (Wildman–Crippen MR) is 68.3 cm³/mol. The predicted octanol–water partition coefficient (Wildman–Crippen LogP) is 1.78. The molecule has 0 spiro atoms. The van der Waals surface area contributed by atoms with Crippen LogP contribution in [0.25, 0.3) is 0 Å². The van der Waals surface area contributed by atoms with Gasteiger partial charge in [0.15, 0.2) is 0 Å². The first kappa shape index (κ1) is 13.6. The summed E-state index contributed by atoms with van der Waals surface area (Å²) in [6.07, 6.45) is 4.48. The van der Waals surface area contributed by atoms with E-state index in [0.717, 1.165) is 25.0 Å². The van der Waals surface area contributed by atoms with E-state index in [2.05, 4.69) is 17.2 Å². The minimum atomic E-state index is -0.416. The standard InChI is InChI=1S/C13H21N3O/c1-3-4-7-11(14)13(17)16-10(2)12-8-5-6-9-15-12/h5-6,8-11H,3-4,7,14H2,1-2H3,(H,16,17)/t10?,11-/m0/s1. The Bertz CT molecular complexity index is 340. The second kappa shape index (κ2) is 7.01. The summed E-state index contributed by atoms with van der Waals surface area (Å²) in [5.41, 5.74) is 6.65. The SMILES string of the molecule is CCCC[C@H](N)C(=O)NC(C)c1ccccn1. The average Bonchev–Trinajstić information content (AvgIpc) is 2.36. The highest BCUT2D eigenvalue weighted by molar-refractivity contribution is 5.81. The Hall–Kier alpha value is -1.42. The second-order valence-corrected chi connectivity index (χ2v) is 4.23. The number of hydrogen-bond acceptors (Lipinski definition) is 3. The van der Waals surface area contributed by atoms with Crippen molar-refractivity contribution in [2.45, 2.75) is 45.2 Å². The fourth-order valence-corrected chi connectivity index (χ4v) is 1.58. The molecule has 1 aromatic rings. The highest BCUT2D eigenvalue weighted by Crippen LogP contribution is 2.08. The smallest absolute Gasteiger partial charge is 0.237 e. The number of carbonyl (C=O) groups excluding carboxylic acids is 1. The Morgan fingerprint density at radius 2 is 2.29 bits per heavy atom. The number of amides is 1. The van der Waals surface area contributed by atoms with Gasteiger partial charge in [0.25, 0.3) is 0 Å². The fraction of sp³-hybridized carbons (Fsp3) is 0.538. The summed E-state index contributed by atoms with van der Waals surface area (Å²) < 4.78 is 0. The largest absolute Gasteiger partial charge is 0.347 e. The van der Waals surface area contributed by atoms with Gasteiger partial charge in [-0.25, -0.2) is 0 Å². The Balaban J connectivity index is 2.46. The highest BCUT2D eigenvalue weighted by Gasteiger charge is 2.16. The molecule has 1 heterocycles. The van der Waals surface area contributed by atoms with Gasteiger partial charge in [0.05, 0.1) is 17.8 Å². The molecular weight excluding hydrogens is 214 g/mol. The summed E-state index contributed by atoms with van der Waals surface area (Å²) in [5.74, 6) is -0.100. The van der Waals surface area contributed by atoms with Crippen molar-refractivity contribution in [3.8, 4) is 0 Å². The summed E-state index contributed by atoms with van der Waals surface area (Å²) in [6.45, 7) is 3.99. The highest BCUT2D eigenvalue weighted by atomic mass is 16.2. The number of hydrogen-bond donors (Lipinski definition) is 2. The second-order valence-electron chi connectivity index (χ2n) is 4.23. The third-order valence-electron chi connectivity index (χ3n) is 2.70. The van der Waals surface area contributed by atoms with Crippen LogP contribution >= 0.6 is 0 Å². The van der Waals surface area contributed by atoms with Crippen LogP contribution in [-0.4, -0.2) is 16.9 Å². The van der Waals surface area contributed by atoms with Gasteiger partial charge in [-0.15, -0.1) is 0 Å². The minimum Gasteiger partial charge on any atom is -0.347 e. The molecule has 4 heteroatoms. The van der Waals surface area contributed by atoms with Crippen molar-refractivity contribution in [2.75, 3.05) is 0 Å². The number of unbranched alkanes of at least 4 members (excludes halogenated alkanes) is 1. The van der Waals surface area contributed by atoms with E-state index in [1.807, 2.05) is 25.1 Å². The van der Waals surface area contributed by atoms with Gasteiger partial charge in [0.1, 0.15) is 0 Å². The summed E-state index contributed by atoms with van der Waals surface area (Å²) in [5, 5.41) is 2.88. The van der Waals surface area contributed by atoms with Crippen LogP contribution in [0.3, 0.4) is 0 Å². The van der Waals surface area contributed by atoms with Crippen LogP contribution in [0, 0.1) is 0 Å². The molecule has 17 heavy (non-hydrogen) atoms. The third-order valence-corrected chi connectivity index (χ3v) is 2.70. The fourth-order valence-electron chi connectivity index (χ4n) is 1.58. The maximum atomic E-state index is 11.8. The van der Waals surface area contributed by atoms with Crippen molar-refractivity contribution in [1.29, 1.82) is 0 Å². The summed E-state index contributed by atoms with van der Waals surface area (Å²) in [6, 6.07) is 5.13. The van der Waals surface area contributed by atoms with E-state index in [0.29, 0.717) is 0 Å². The number of nitrogens with two attached hydrogens (primary N) is 1. The van der Waals surface area contributed by atoms with Crippen molar-refractivity contribution >= 4 is 5.91 Å². The lowest BCUT2D eigenvalue weighted by molar-refractivity contribution is -0.123. The number of carbonyl (C=O) groups is 1. The first-order valence-corrected chi connectivity index (χ1v) is 6.12. The topological polar surface area (TPSA) is 68.0 Å². The van der Waals surface area contributed by atoms with E-state index in [4.69, 9.17) is 5.73 Å². The van der Waals surface area contributed by atoms with Gasteiger partial charge < -0.3 is 11.1 Å². The molecule has 1 aromatic heterocycles. The molecule has 0 saturated carbocycles. The van der Waals surface area contributed by atoms with Crippen LogP contribution in [0.2, 0.25) is 0 Å². The van der Waals surface area contributed by atoms with E-state index in [1.165, 1.54) is 0 Å². The van der Waals surface area contributed by atoms with E-state index in [1.54, 1.807) is 6.20 Å². The van der Waals surface area contributed by atoms with E-state index >= 15 is 0 Å². The molecule has 0 aromatic carbocycles. The normalized spacial score (nSPS) is 14.1. The first-order chi connectivity index (χ1) is 8.15. The molecule has 0 aliphatic rings. The van der Waals surface area contributed by atoms with E-state index in [9.17, 15) is 4.79 Å². The molecule has 94 valence electrons. The molecule has 0 fully saturated rings. The molecule has 2 atom stereocenters. The number of rotatable bonds is 6. The third kappa shape index (κ3) is 4.53. The van der Waals surface area contributed by atoms with Crippen LogP contribution < -0.4 is 11.1 Å². The number of nitrogens with zero attached hydrogens (tertiary/aromatic N) is 1. The van der Waals surface area contributed by atoms with Gasteiger partial charge in [0, 0.05) is 6.20 Å². The van der Waals surface area contributed by atoms with Gasteiger partial charge in [-0.3, -0.25) is 9.78 Å². The first-order valence-electron chi connectivity index (χ1n) is 6.12. The minimum absolute atomic E-state index is 0.100. The van der Waals surface area contributed by atoms with Gasteiger partial charge >= 0.3 is 0 Å². The summed E-state index contributed by atoms with van der Waals surface area (Å²) in [4.78, 5) is 16.0. The molecule has 1 amide bonds. The maximum Gasteiger partial charge on any atom is 0.237 e. The zero-order valence-electron chi connectivity index (χ0n) is 10.5. The van der Waals surface area contributed by atoms with Crippen molar-refractivity contribution in [2.24, 2.45) is 5.73 Å². The number of pyridine rings is 1. The van der Waals surface area contributed by atoms with Crippen LogP contribution in [0.15, 0.2) is 24.4 Å². The molecule has 0 radical (unpaired) electrons. The van der Waals surface area contributed by atoms with Crippen molar-refractivity contribution < 1.29 is 4.79 Å². The van der Waals surface area contributed by atoms with Crippen LogP contribution in [0.1, 0.15) is 44.8 Å². The Labute approximate surface area is 103 Å².